The first-order valence-corrected chi connectivity index (χ1v) is 10.4. The minimum atomic E-state index is -1.15. The van der Waals surface area contributed by atoms with E-state index in [4.69, 9.17) is 22.3 Å². The molecule has 2 aliphatic heterocycles. The van der Waals surface area contributed by atoms with E-state index in [1.54, 1.807) is 18.3 Å². The molecule has 0 atom stereocenters. The lowest BCUT2D eigenvalue weighted by atomic mass is 10.1. The third-order valence-corrected chi connectivity index (χ3v) is 6.22. The summed E-state index contributed by atoms with van der Waals surface area (Å²) in [4.78, 5) is 44.9. The molecule has 0 bridgehead atoms. The topological polar surface area (TPSA) is 95.2 Å². The SMILES string of the molecule is O=C(O)CN1C(=O)C(=Cc2c(N3CCCCC3)nc3ccccn3c2=O)SC1=S. The summed E-state index contributed by atoms with van der Waals surface area (Å²) in [6.45, 7) is 1.07. The number of carboxylic acid groups (broad SMARTS) is 1. The lowest BCUT2D eigenvalue weighted by Crippen LogP contribution is -2.34. The van der Waals surface area contributed by atoms with Gasteiger partial charge in [0.05, 0.1) is 10.5 Å². The Labute approximate surface area is 175 Å². The van der Waals surface area contributed by atoms with Crippen molar-refractivity contribution in [2.45, 2.75) is 19.3 Å². The zero-order valence-electron chi connectivity index (χ0n) is 15.4. The zero-order valence-corrected chi connectivity index (χ0v) is 17.0. The molecule has 2 fully saturated rings. The number of aromatic nitrogens is 2. The number of hydrogen-bond acceptors (Lipinski definition) is 7. The molecule has 10 heteroatoms. The largest absolute Gasteiger partial charge is 0.480 e. The lowest BCUT2D eigenvalue weighted by Gasteiger charge is -2.29. The van der Waals surface area contributed by atoms with Crippen LogP contribution in [0.15, 0.2) is 34.1 Å². The Kier molecular flexibility index (Phi) is 5.37. The molecular weight excluding hydrogens is 412 g/mol. The molecule has 0 unspecified atom stereocenters. The van der Waals surface area contributed by atoms with Crippen molar-refractivity contribution in [3.8, 4) is 0 Å². The Balaban J connectivity index is 1.84. The highest BCUT2D eigenvalue weighted by atomic mass is 32.2. The maximum atomic E-state index is 13.2. The van der Waals surface area contributed by atoms with Gasteiger partial charge < -0.3 is 10.0 Å². The van der Waals surface area contributed by atoms with Gasteiger partial charge in [-0.1, -0.05) is 30.0 Å². The Bertz CT molecular complexity index is 1110. The lowest BCUT2D eigenvalue weighted by molar-refractivity contribution is -0.140. The number of fused-ring (bicyclic) bond motifs is 1. The van der Waals surface area contributed by atoms with Gasteiger partial charge in [-0.25, -0.2) is 4.98 Å². The van der Waals surface area contributed by atoms with E-state index in [2.05, 4.69) is 4.90 Å². The van der Waals surface area contributed by atoms with Gasteiger partial charge in [0, 0.05) is 19.3 Å². The fourth-order valence-electron chi connectivity index (χ4n) is 3.47. The molecule has 1 N–H and O–H groups in total. The Morgan fingerprint density at radius 3 is 2.72 bits per heavy atom. The van der Waals surface area contributed by atoms with Crippen molar-refractivity contribution in [3.05, 3.63) is 45.2 Å². The molecule has 8 nitrogen and oxygen atoms in total. The predicted octanol–water partition coefficient (Wildman–Crippen LogP) is 1.97. The molecule has 0 saturated carbocycles. The fourth-order valence-corrected chi connectivity index (χ4v) is 4.70. The zero-order chi connectivity index (χ0) is 20.5. The molecule has 2 aromatic rings. The van der Waals surface area contributed by atoms with Gasteiger partial charge >= 0.3 is 5.97 Å². The number of thiocarbonyl (C=S) groups is 1. The number of pyridine rings is 1. The van der Waals surface area contributed by atoms with Gasteiger partial charge in [-0.15, -0.1) is 0 Å². The molecule has 0 radical (unpaired) electrons. The minimum Gasteiger partial charge on any atom is -0.480 e. The van der Waals surface area contributed by atoms with Crippen LogP contribution < -0.4 is 10.5 Å². The summed E-state index contributed by atoms with van der Waals surface area (Å²) in [5.41, 5.74) is 0.569. The van der Waals surface area contributed by atoms with Gasteiger partial charge in [-0.2, -0.15) is 0 Å². The van der Waals surface area contributed by atoms with Gasteiger partial charge in [-0.05, 0) is 37.5 Å². The van der Waals surface area contributed by atoms with Crippen LogP contribution in [0.1, 0.15) is 24.8 Å². The first-order chi connectivity index (χ1) is 14.0. The molecule has 1 amide bonds. The van der Waals surface area contributed by atoms with Crippen LogP contribution in [0.3, 0.4) is 0 Å². The highest BCUT2D eigenvalue weighted by Crippen LogP contribution is 2.33. The van der Waals surface area contributed by atoms with E-state index in [-0.39, 0.29) is 14.8 Å². The van der Waals surface area contributed by atoms with Crippen LogP contribution in [0.2, 0.25) is 0 Å². The van der Waals surface area contributed by atoms with Crippen molar-refractivity contribution < 1.29 is 14.7 Å². The number of carbonyl (C=O) groups excluding carboxylic acids is 1. The molecule has 0 aliphatic carbocycles. The third kappa shape index (κ3) is 3.77. The van der Waals surface area contributed by atoms with E-state index < -0.39 is 18.4 Å². The number of carboxylic acids is 1. The molecule has 0 aromatic carbocycles. The van der Waals surface area contributed by atoms with Crippen LogP contribution in [0, 0.1) is 0 Å². The average molecular weight is 431 g/mol. The molecule has 2 aromatic heterocycles. The van der Waals surface area contributed by atoms with Crippen molar-refractivity contribution in [1.29, 1.82) is 0 Å². The van der Waals surface area contributed by atoms with Crippen molar-refractivity contribution in [2.24, 2.45) is 0 Å². The predicted molar refractivity (Wildman–Crippen MR) is 115 cm³/mol. The number of thioether (sulfide) groups is 1. The Hall–Kier alpha value is -2.72. The van der Waals surface area contributed by atoms with Crippen molar-refractivity contribution in [3.63, 3.8) is 0 Å². The first kappa shape index (κ1) is 19.6. The Morgan fingerprint density at radius 2 is 2.00 bits per heavy atom. The van der Waals surface area contributed by atoms with E-state index in [0.29, 0.717) is 17.0 Å². The van der Waals surface area contributed by atoms with Crippen LogP contribution >= 0.6 is 24.0 Å². The summed E-state index contributed by atoms with van der Waals surface area (Å²) in [6, 6.07) is 5.33. The van der Waals surface area contributed by atoms with Crippen molar-refractivity contribution in [1.82, 2.24) is 14.3 Å². The van der Waals surface area contributed by atoms with E-state index in [1.165, 1.54) is 10.5 Å². The van der Waals surface area contributed by atoms with Gasteiger partial charge in [0.1, 0.15) is 22.3 Å². The second kappa shape index (κ2) is 7.96. The van der Waals surface area contributed by atoms with E-state index in [0.717, 1.165) is 49.0 Å². The molecule has 4 heterocycles. The second-order valence-corrected chi connectivity index (χ2v) is 8.47. The van der Waals surface area contributed by atoms with Crippen molar-refractivity contribution >= 4 is 57.7 Å². The number of carbonyl (C=O) groups is 2. The van der Waals surface area contributed by atoms with E-state index in [1.807, 2.05) is 6.07 Å². The average Bonchev–Trinajstić information content (AvgIpc) is 2.97. The molecule has 0 spiro atoms. The van der Waals surface area contributed by atoms with Gasteiger partial charge in [0.15, 0.2) is 0 Å². The second-order valence-electron chi connectivity index (χ2n) is 6.79. The number of aliphatic carboxylic acids is 1. The highest BCUT2D eigenvalue weighted by molar-refractivity contribution is 8.26. The van der Waals surface area contributed by atoms with Crippen LogP contribution in [-0.4, -0.2) is 55.2 Å². The molecule has 29 heavy (non-hydrogen) atoms. The summed E-state index contributed by atoms with van der Waals surface area (Å²) < 4.78 is 1.61. The normalized spacial score (nSPS) is 18.8. The summed E-state index contributed by atoms with van der Waals surface area (Å²) in [7, 11) is 0. The van der Waals surface area contributed by atoms with Crippen LogP contribution in [0.25, 0.3) is 11.7 Å². The standard InChI is InChI=1S/C19H18N4O4S2/c24-15(25)11-23-18(27)13(29-19(23)28)10-12-16(21-7-3-1-4-8-21)20-14-6-2-5-9-22(14)17(12)26/h2,5-6,9-10H,1,3-4,7-8,11H2,(H,24,25). The van der Waals surface area contributed by atoms with Crippen LogP contribution in [0.4, 0.5) is 5.82 Å². The number of nitrogens with zero attached hydrogens (tertiary/aromatic N) is 4. The van der Waals surface area contributed by atoms with Gasteiger partial charge in [0.25, 0.3) is 11.5 Å². The summed E-state index contributed by atoms with van der Waals surface area (Å²) in [5.74, 6) is -1.11. The third-order valence-electron chi connectivity index (χ3n) is 4.85. The van der Waals surface area contributed by atoms with E-state index in [9.17, 15) is 14.4 Å². The maximum Gasteiger partial charge on any atom is 0.323 e. The molecule has 2 saturated heterocycles. The number of piperidine rings is 1. The summed E-state index contributed by atoms with van der Waals surface area (Å²) in [5, 5.41) is 9.01. The minimum absolute atomic E-state index is 0.164. The quantitative estimate of drug-likeness (QED) is 0.581. The van der Waals surface area contributed by atoms with Gasteiger partial charge in [-0.3, -0.25) is 23.7 Å². The number of rotatable bonds is 4. The number of amides is 1. The summed E-state index contributed by atoms with van der Waals surface area (Å²) >= 11 is 6.15. The highest BCUT2D eigenvalue weighted by Gasteiger charge is 2.34. The maximum absolute atomic E-state index is 13.2. The molecular formula is C19H18N4O4S2. The monoisotopic (exact) mass is 430 g/mol. The number of anilines is 1. The smallest absolute Gasteiger partial charge is 0.323 e. The first-order valence-electron chi connectivity index (χ1n) is 9.19. The van der Waals surface area contributed by atoms with Gasteiger partial charge in [0.2, 0.25) is 0 Å². The molecule has 4 rings (SSSR count). The van der Waals surface area contributed by atoms with Crippen LogP contribution in [-0.2, 0) is 9.59 Å². The molecule has 150 valence electrons. The Morgan fingerprint density at radius 1 is 1.24 bits per heavy atom. The number of hydrogen-bond donors (Lipinski definition) is 1. The van der Waals surface area contributed by atoms with Crippen molar-refractivity contribution in [2.75, 3.05) is 24.5 Å². The summed E-state index contributed by atoms with van der Waals surface area (Å²) in [6.07, 6.45) is 6.29. The van der Waals surface area contributed by atoms with E-state index >= 15 is 0 Å². The molecule has 2 aliphatic rings. The fraction of sp³-hybridized carbons (Fsp3) is 0.316. The van der Waals surface area contributed by atoms with Crippen LogP contribution in [0.5, 0.6) is 0 Å².